The highest BCUT2D eigenvalue weighted by Crippen LogP contribution is 2.37. The van der Waals surface area contributed by atoms with Crippen molar-refractivity contribution in [2.75, 3.05) is 6.61 Å². The first kappa shape index (κ1) is 8.00. The first-order valence-electron chi connectivity index (χ1n) is 4.86. The summed E-state index contributed by atoms with van der Waals surface area (Å²) in [4.78, 5) is 4.46. The maximum atomic E-state index is 5.67. The second kappa shape index (κ2) is 2.82. The van der Waals surface area contributed by atoms with Gasteiger partial charge in [-0.2, -0.15) is 0 Å². The maximum Gasteiger partial charge on any atom is 0.121 e. The van der Waals surface area contributed by atoms with Crippen molar-refractivity contribution in [3.63, 3.8) is 0 Å². The number of nitrogens with zero attached hydrogens (tertiary/aromatic N) is 1. The van der Waals surface area contributed by atoms with Gasteiger partial charge in [-0.15, -0.1) is 0 Å². The Labute approximate surface area is 82.6 Å². The van der Waals surface area contributed by atoms with E-state index in [4.69, 9.17) is 10.5 Å². The molecule has 0 amide bonds. The first-order chi connectivity index (χ1) is 6.84. The first-order valence-corrected chi connectivity index (χ1v) is 4.86. The zero-order valence-electron chi connectivity index (χ0n) is 7.81. The Morgan fingerprint density at radius 3 is 3.14 bits per heavy atom. The van der Waals surface area contributed by atoms with Gasteiger partial charge in [0.25, 0.3) is 0 Å². The van der Waals surface area contributed by atoms with Crippen LogP contribution in [0.3, 0.4) is 0 Å². The fourth-order valence-electron chi connectivity index (χ4n) is 2.25. The third-order valence-electron chi connectivity index (χ3n) is 2.90. The van der Waals surface area contributed by atoms with E-state index in [1.807, 2.05) is 6.07 Å². The predicted octanol–water partition coefficient (Wildman–Crippen LogP) is 1.04. The van der Waals surface area contributed by atoms with E-state index in [0.717, 1.165) is 6.42 Å². The molecule has 0 bridgehead atoms. The van der Waals surface area contributed by atoms with Gasteiger partial charge in [0.1, 0.15) is 18.5 Å². The van der Waals surface area contributed by atoms with Gasteiger partial charge in [-0.25, -0.2) is 0 Å². The number of nitrogens with two attached hydrogens (primary N) is 1. The van der Waals surface area contributed by atoms with E-state index in [9.17, 15) is 0 Å². The Hall–Kier alpha value is -1.35. The van der Waals surface area contributed by atoms with Crippen LogP contribution in [0.5, 0.6) is 0 Å². The van der Waals surface area contributed by atoms with E-state index >= 15 is 0 Å². The molecule has 2 atom stereocenters. The molecule has 0 aromatic heterocycles. The number of amidine groups is 1. The number of hydrogen-bond acceptors (Lipinski definition) is 3. The van der Waals surface area contributed by atoms with Gasteiger partial charge in [0, 0.05) is 6.42 Å². The summed E-state index contributed by atoms with van der Waals surface area (Å²) in [5.74, 6) is 0.614. The molecule has 1 aromatic rings. The van der Waals surface area contributed by atoms with Crippen LogP contribution in [-0.4, -0.2) is 18.5 Å². The highest BCUT2D eigenvalue weighted by atomic mass is 16.5. The third-order valence-corrected chi connectivity index (χ3v) is 2.90. The van der Waals surface area contributed by atoms with E-state index in [2.05, 4.69) is 23.2 Å². The Kier molecular flexibility index (Phi) is 1.61. The normalized spacial score (nSPS) is 29.3. The molecular weight excluding hydrogens is 176 g/mol. The van der Waals surface area contributed by atoms with Gasteiger partial charge in [-0.05, 0) is 11.1 Å². The van der Waals surface area contributed by atoms with Gasteiger partial charge in [0.2, 0.25) is 0 Å². The third kappa shape index (κ3) is 1.06. The molecule has 0 radical (unpaired) electrons. The lowest BCUT2D eigenvalue weighted by atomic mass is 10.1. The number of aliphatic imine (C=N–C) groups is 1. The molecule has 0 saturated carbocycles. The average Bonchev–Trinajstić information content (AvgIpc) is 2.56. The highest BCUT2D eigenvalue weighted by molar-refractivity contribution is 5.82. The second-order valence-corrected chi connectivity index (χ2v) is 3.82. The van der Waals surface area contributed by atoms with Crippen molar-refractivity contribution in [2.45, 2.75) is 18.6 Å². The summed E-state index contributed by atoms with van der Waals surface area (Å²) in [5.41, 5.74) is 8.30. The van der Waals surface area contributed by atoms with E-state index in [0.29, 0.717) is 12.4 Å². The molecule has 3 nitrogen and oxygen atoms in total. The molecule has 2 N–H and O–H groups in total. The van der Waals surface area contributed by atoms with Crippen LogP contribution in [0.25, 0.3) is 0 Å². The molecule has 14 heavy (non-hydrogen) atoms. The van der Waals surface area contributed by atoms with Gasteiger partial charge in [-0.1, -0.05) is 24.3 Å². The zero-order chi connectivity index (χ0) is 9.54. The topological polar surface area (TPSA) is 47.6 Å². The molecule has 1 heterocycles. The van der Waals surface area contributed by atoms with Gasteiger partial charge in [0.15, 0.2) is 0 Å². The van der Waals surface area contributed by atoms with E-state index < -0.39 is 0 Å². The van der Waals surface area contributed by atoms with Crippen LogP contribution in [0, 0.1) is 0 Å². The zero-order valence-corrected chi connectivity index (χ0v) is 7.81. The number of hydrogen-bond donors (Lipinski definition) is 1. The second-order valence-electron chi connectivity index (χ2n) is 3.82. The largest absolute Gasteiger partial charge is 0.386 e. The van der Waals surface area contributed by atoms with Crippen molar-refractivity contribution in [2.24, 2.45) is 10.7 Å². The lowest BCUT2D eigenvalue weighted by molar-refractivity contribution is 0.0601. The van der Waals surface area contributed by atoms with Crippen molar-refractivity contribution >= 4 is 5.84 Å². The summed E-state index contributed by atoms with van der Waals surface area (Å²) < 4.78 is 5.64. The van der Waals surface area contributed by atoms with Crippen molar-refractivity contribution in [3.8, 4) is 0 Å². The molecule has 3 heteroatoms. The molecule has 2 unspecified atom stereocenters. The van der Waals surface area contributed by atoms with E-state index in [-0.39, 0.29) is 12.1 Å². The minimum atomic E-state index is 0.139. The Balaban J connectivity index is 2.07. The quantitative estimate of drug-likeness (QED) is 0.661. The molecule has 1 aliphatic heterocycles. The highest BCUT2D eigenvalue weighted by Gasteiger charge is 2.35. The number of ether oxygens (including phenoxy) is 1. The molecule has 72 valence electrons. The fraction of sp³-hybridized carbons (Fsp3) is 0.364. The molecule has 0 spiro atoms. The minimum Gasteiger partial charge on any atom is -0.386 e. The van der Waals surface area contributed by atoms with Crippen LogP contribution >= 0.6 is 0 Å². The van der Waals surface area contributed by atoms with Gasteiger partial charge >= 0.3 is 0 Å². The Morgan fingerprint density at radius 2 is 2.21 bits per heavy atom. The van der Waals surface area contributed by atoms with Crippen LogP contribution in [0.4, 0.5) is 0 Å². The number of fused-ring (bicyclic) bond motifs is 3. The monoisotopic (exact) mass is 188 g/mol. The summed E-state index contributed by atoms with van der Waals surface area (Å²) in [5, 5.41) is 0. The summed E-state index contributed by atoms with van der Waals surface area (Å²) in [6.45, 7) is 0.481. The summed E-state index contributed by atoms with van der Waals surface area (Å²) in [6, 6.07) is 8.50. The Bertz CT molecular complexity index is 400. The van der Waals surface area contributed by atoms with Crippen molar-refractivity contribution in [1.82, 2.24) is 0 Å². The molecular formula is C11H12N2O. The number of benzene rings is 1. The predicted molar refractivity (Wildman–Crippen MR) is 54.2 cm³/mol. The standard InChI is InChI=1S/C11H12N2O/c12-10-6-14-9-5-7-3-1-2-4-8(7)11(9)13-10/h1-4,9,11H,5-6H2,(H2,12,13). The van der Waals surface area contributed by atoms with Crippen molar-refractivity contribution in [3.05, 3.63) is 35.4 Å². The number of rotatable bonds is 0. The van der Waals surface area contributed by atoms with Gasteiger partial charge in [0.05, 0.1) is 6.10 Å². The van der Waals surface area contributed by atoms with Crippen LogP contribution in [0.1, 0.15) is 17.2 Å². The van der Waals surface area contributed by atoms with Crippen LogP contribution in [0.2, 0.25) is 0 Å². The van der Waals surface area contributed by atoms with Gasteiger partial charge in [-0.3, -0.25) is 4.99 Å². The lowest BCUT2D eigenvalue weighted by Crippen LogP contribution is -2.32. The van der Waals surface area contributed by atoms with E-state index in [1.165, 1.54) is 11.1 Å². The van der Waals surface area contributed by atoms with Crippen molar-refractivity contribution in [1.29, 1.82) is 0 Å². The molecule has 2 aliphatic rings. The summed E-state index contributed by atoms with van der Waals surface area (Å²) in [7, 11) is 0. The lowest BCUT2D eigenvalue weighted by Gasteiger charge is -2.22. The smallest absolute Gasteiger partial charge is 0.121 e. The fourth-order valence-corrected chi connectivity index (χ4v) is 2.25. The van der Waals surface area contributed by atoms with Crippen molar-refractivity contribution < 1.29 is 4.74 Å². The van der Waals surface area contributed by atoms with Crippen LogP contribution < -0.4 is 5.73 Å². The maximum absolute atomic E-state index is 5.67. The van der Waals surface area contributed by atoms with Crippen LogP contribution in [-0.2, 0) is 11.2 Å². The SMILES string of the molecule is NC1=NC2c3ccccc3CC2OC1. The Morgan fingerprint density at radius 1 is 1.36 bits per heavy atom. The summed E-state index contributed by atoms with van der Waals surface area (Å²) in [6.07, 6.45) is 1.18. The molecule has 0 fully saturated rings. The van der Waals surface area contributed by atoms with E-state index in [1.54, 1.807) is 0 Å². The van der Waals surface area contributed by atoms with Crippen LogP contribution in [0.15, 0.2) is 29.3 Å². The van der Waals surface area contributed by atoms with Gasteiger partial charge < -0.3 is 10.5 Å². The minimum absolute atomic E-state index is 0.139. The molecule has 1 aromatic carbocycles. The molecule has 3 rings (SSSR count). The molecule has 1 aliphatic carbocycles. The molecule has 0 saturated heterocycles. The summed E-state index contributed by atoms with van der Waals surface area (Å²) >= 11 is 0. The average molecular weight is 188 g/mol.